The van der Waals surface area contributed by atoms with Gasteiger partial charge in [-0.05, 0) is 48.0 Å². The van der Waals surface area contributed by atoms with E-state index in [4.69, 9.17) is 4.98 Å². The molecule has 6 aromatic rings. The monoisotopic (exact) mass is 439 g/mol. The van der Waals surface area contributed by atoms with E-state index < -0.39 is 0 Å². The fourth-order valence-electron chi connectivity index (χ4n) is 4.42. The van der Waals surface area contributed by atoms with E-state index in [9.17, 15) is 4.79 Å². The number of rotatable bonds is 4. The van der Waals surface area contributed by atoms with Crippen LogP contribution < -0.4 is 5.56 Å². The molecule has 34 heavy (non-hydrogen) atoms. The smallest absolute Gasteiger partial charge is 0.266 e. The van der Waals surface area contributed by atoms with Crippen molar-refractivity contribution in [3.63, 3.8) is 0 Å². The Balaban J connectivity index is 1.59. The van der Waals surface area contributed by atoms with Gasteiger partial charge in [0.1, 0.15) is 5.82 Å². The molecule has 0 amide bonds. The summed E-state index contributed by atoms with van der Waals surface area (Å²) in [4.78, 5) is 21.9. The third-order valence-corrected chi connectivity index (χ3v) is 6.02. The molecule has 0 radical (unpaired) electrons. The third kappa shape index (κ3) is 3.42. The van der Waals surface area contributed by atoms with Crippen molar-refractivity contribution in [3.8, 4) is 16.9 Å². The van der Waals surface area contributed by atoms with Crippen LogP contribution in [-0.2, 0) is 0 Å². The Morgan fingerprint density at radius 2 is 1.32 bits per heavy atom. The number of nitrogens with zero attached hydrogens (tertiary/aromatic N) is 2. The van der Waals surface area contributed by atoms with Gasteiger partial charge in [0.2, 0.25) is 0 Å². The van der Waals surface area contributed by atoms with Gasteiger partial charge in [-0.2, -0.15) is 0 Å². The maximum atomic E-state index is 13.5. The molecule has 4 aromatic carbocycles. The molecule has 4 nitrogen and oxygen atoms in total. The maximum absolute atomic E-state index is 13.5. The highest BCUT2D eigenvalue weighted by Gasteiger charge is 2.13. The summed E-state index contributed by atoms with van der Waals surface area (Å²) in [5.74, 6) is 0.583. The maximum Gasteiger partial charge on any atom is 0.266 e. The lowest BCUT2D eigenvalue weighted by Crippen LogP contribution is -2.22. The molecule has 0 fully saturated rings. The lowest BCUT2D eigenvalue weighted by Gasteiger charge is -2.11. The minimum absolute atomic E-state index is 0.0846. The fourth-order valence-corrected chi connectivity index (χ4v) is 4.42. The molecule has 162 valence electrons. The van der Waals surface area contributed by atoms with Crippen molar-refractivity contribution < 1.29 is 0 Å². The van der Waals surface area contributed by atoms with Gasteiger partial charge in [-0.25, -0.2) is 4.98 Å². The molecular weight excluding hydrogens is 418 g/mol. The number of hydrogen-bond donors (Lipinski definition) is 1. The van der Waals surface area contributed by atoms with Crippen molar-refractivity contribution >= 4 is 34.0 Å². The number of nitrogens with one attached hydrogen (secondary N) is 1. The summed E-state index contributed by atoms with van der Waals surface area (Å²) in [6, 6.07) is 35.6. The van der Waals surface area contributed by atoms with Gasteiger partial charge in [-0.3, -0.25) is 9.36 Å². The zero-order chi connectivity index (χ0) is 22.9. The van der Waals surface area contributed by atoms with E-state index in [-0.39, 0.29) is 5.56 Å². The first-order chi connectivity index (χ1) is 16.8. The zero-order valence-electron chi connectivity index (χ0n) is 18.3. The van der Waals surface area contributed by atoms with Gasteiger partial charge in [0.25, 0.3) is 5.56 Å². The van der Waals surface area contributed by atoms with Crippen LogP contribution in [0.15, 0.2) is 114 Å². The van der Waals surface area contributed by atoms with Crippen LogP contribution in [-0.4, -0.2) is 14.5 Å². The Labute approximate surface area is 196 Å². The summed E-state index contributed by atoms with van der Waals surface area (Å²) < 4.78 is 1.68. The summed E-state index contributed by atoms with van der Waals surface area (Å²) in [6.45, 7) is 0. The third-order valence-electron chi connectivity index (χ3n) is 6.02. The van der Waals surface area contributed by atoms with E-state index in [1.165, 1.54) is 0 Å². The van der Waals surface area contributed by atoms with Crippen LogP contribution in [0.4, 0.5) is 0 Å². The molecule has 0 saturated carbocycles. The second-order valence-corrected chi connectivity index (χ2v) is 8.12. The number of fused-ring (bicyclic) bond motifs is 2. The molecule has 0 unspecified atom stereocenters. The van der Waals surface area contributed by atoms with Crippen LogP contribution >= 0.6 is 0 Å². The largest absolute Gasteiger partial charge is 0.354 e. The second kappa shape index (κ2) is 8.34. The highest BCUT2D eigenvalue weighted by atomic mass is 16.1. The highest BCUT2D eigenvalue weighted by Crippen LogP contribution is 2.32. The SMILES string of the molecule is O=c1c2ccccc2nc(/C=C/c2c(-c3ccccc3)[nH]c3ccccc23)n1-c1ccccc1. The second-order valence-electron chi connectivity index (χ2n) is 8.12. The van der Waals surface area contributed by atoms with Gasteiger partial charge in [0, 0.05) is 16.5 Å². The van der Waals surface area contributed by atoms with Gasteiger partial charge in [0.15, 0.2) is 0 Å². The van der Waals surface area contributed by atoms with Crippen molar-refractivity contribution in [1.82, 2.24) is 14.5 Å². The van der Waals surface area contributed by atoms with Gasteiger partial charge in [0.05, 0.1) is 22.3 Å². The number of para-hydroxylation sites is 3. The average Bonchev–Trinajstić information content (AvgIpc) is 3.27. The van der Waals surface area contributed by atoms with Crippen LogP contribution in [0.5, 0.6) is 0 Å². The molecule has 0 aliphatic rings. The van der Waals surface area contributed by atoms with Crippen LogP contribution in [0.25, 0.3) is 50.9 Å². The summed E-state index contributed by atoms with van der Waals surface area (Å²) in [5, 5.41) is 1.72. The van der Waals surface area contributed by atoms with Crippen molar-refractivity contribution in [2.45, 2.75) is 0 Å². The molecule has 2 aromatic heterocycles. The quantitative estimate of drug-likeness (QED) is 0.332. The molecular formula is C30H21N3O. The van der Waals surface area contributed by atoms with Crippen molar-refractivity contribution in [1.29, 1.82) is 0 Å². The lowest BCUT2D eigenvalue weighted by atomic mass is 10.0. The van der Waals surface area contributed by atoms with Crippen LogP contribution in [0.2, 0.25) is 0 Å². The predicted molar refractivity (Wildman–Crippen MR) is 140 cm³/mol. The first-order valence-electron chi connectivity index (χ1n) is 11.2. The van der Waals surface area contributed by atoms with Crippen LogP contribution in [0.3, 0.4) is 0 Å². The zero-order valence-corrected chi connectivity index (χ0v) is 18.3. The molecule has 0 aliphatic carbocycles. The number of benzene rings is 4. The Morgan fingerprint density at radius 1 is 0.676 bits per heavy atom. The highest BCUT2D eigenvalue weighted by molar-refractivity contribution is 5.98. The standard InChI is InChI=1S/C30H21N3O/c34-30-25-16-8-10-18-27(25)31-28(33(30)22-13-5-2-6-14-22)20-19-24-23-15-7-9-17-26(23)32-29(24)21-11-3-1-4-12-21/h1-20,32H/b20-19+. The topological polar surface area (TPSA) is 50.7 Å². The van der Waals surface area contributed by atoms with Crippen molar-refractivity contribution in [2.24, 2.45) is 0 Å². The fraction of sp³-hybridized carbons (Fsp3) is 0. The van der Waals surface area contributed by atoms with E-state index in [1.807, 2.05) is 91.0 Å². The first-order valence-corrected chi connectivity index (χ1v) is 11.2. The molecule has 6 rings (SSSR count). The number of hydrogen-bond acceptors (Lipinski definition) is 2. The van der Waals surface area contributed by atoms with Gasteiger partial charge < -0.3 is 4.98 Å². The molecule has 0 atom stereocenters. The number of H-pyrrole nitrogens is 1. The van der Waals surface area contributed by atoms with E-state index in [0.29, 0.717) is 16.7 Å². The first kappa shape index (κ1) is 19.9. The Kier molecular flexibility index (Phi) is 4.89. The van der Waals surface area contributed by atoms with E-state index >= 15 is 0 Å². The van der Waals surface area contributed by atoms with Gasteiger partial charge in [-0.15, -0.1) is 0 Å². The van der Waals surface area contributed by atoms with Gasteiger partial charge >= 0.3 is 0 Å². The normalized spacial score (nSPS) is 11.5. The number of aromatic amines is 1. The molecule has 0 saturated heterocycles. The summed E-state index contributed by atoms with van der Waals surface area (Å²) in [5.41, 5.74) is 5.64. The number of aromatic nitrogens is 3. The summed E-state index contributed by atoms with van der Waals surface area (Å²) in [7, 11) is 0. The van der Waals surface area contributed by atoms with Gasteiger partial charge in [-0.1, -0.05) is 78.9 Å². The molecule has 0 bridgehead atoms. The predicted octanol–water partition coefficient (Wildman–Crippen LogP) is 6.70. The molecule has 1 N–H and O–H groups in total. The lowest BCUT2D eigenvalue weighted by molar-refractivity contribution is 0.944. The molecule has 0 spiro atoms. The molecule has 2 heterocycles. The van der Waals surface area contributed by atoms with Crippen molar-refractivity contribution in [2.75, 3.05) is 0 Å². The van der Waals surface area contributed by atoms with Crippen LogP contribution in [0.1, 0.15) is 11.4 Å². The molecule has 4 heteroatoms. The van der Waals surface area contributed by atoms with E-state index in [1.54, 1.807) is 4.57 Å². The van der Waals surface area contributed by atoms with Crippen molar-refractivity contribution in [3.05, 3.63) is 131 Å². The average molecular weight is 440 g/mol. The Bertz CT molecular complexity index is 1710. The summed E-state index contributed by atoms with van der Waals surface area (Å²) >= 11 is 0. The van der Waals surface area contributed by atoms with E-state index in [2.05, 4.69) is 35.3 Å². The van der Waals surface area contributed by atoms with E-state index in [0.717, 1.165) is 33.4 Å². The molecule has 0 aliphatic heterocycles. The Morgan fingerprint density at radius 3 is 2.12 bits per heavy atom. The Hall–Kier alpha value is -4.70. The van der Waals surface area contributed by atoms with Crippen LogP contribution in [0, 0.1) is 0 Å². The minimum atomic E-state index is -0.0846. The minimum Gasteiger partial charge on any atom is -0.354 e. The summed E-state index contributed by atoms with van der Waals surface area (Å²) in [6.07, 6.45) is 3.99.